The van der Waals surface area contributed by atoms with Crippen LogP contribution in [0.25, 0.3) is 0 Å². The van der Waals surface area contributed by atoms with Gasteiger partial charge in [-0.1, -0.05) is 39.4 Å². The number of hydrogen-bond donors (Lipinski definition) is 1. The highest BCUT2D eigenvalue weighted by Gasteiger charge is 2.10. The molecule has 2 aromatic rings. The minimum absolute atomic E-state index is 0.199. The maximum Gasteiger partial charge on any atom is 0.323 e. The van der Waals surface area contributed by atoms with Gasteiger partial charge < -0.3 is 4.90 Å². The van der Waals surface area contributed by atoms with Gasteiger partial charge in [-0.3, -0.25) is 5.32 Å². The Kier molecular flexibility index (Phi) is 4.27. The second kappa shape index (κ2) is 5.92. The summed E-state index contributed by atoms with van der Waals surface area (Å²) >= 11 is 4.66. The van der Waals surface area contributed by atoms with Gasteiger partial charge in [0.25, 0.3) is 0 Å². The zero-order valence-electron chi connectivity index (χ0n) is 9.63. The van der Waals surface area contributed by atoms with E-state index in [1.807, 2.05) is 24.3 Å². The zero-order valence-corrected chi connectivity index (χ0v) is 12.0. The molecule has 0 bridgehead atoms. The first-order valence-electron chi connectivity index (χ1n) is 5.18. The van der Waals surface area contributed by atoms with Crippen LogP contribution < -0.4 is 5.32 Å². The summed E-state index contributed by atoms with van der Waals surface area (Å²) in [7, 11) is 1.73. The summed E-state index contributed by atoms with van der Waals surface area (Å²) in [6.07, 6.45) is 0. The fraction of sp³-hybridized carbons (Fsp3) is 0.182. The van der Waals surface area contributed by atoms with Crippen LogP contribution in [0.5, 0.6) is 0 Å². The average molecular weight is 327 g/mol. The Morgan fingerprint density at radius 3 is 2.78 bits per heavy atom. The molecular formula is C11H11BrN4OS. The number of benzene rings is 1. The molecule has 2 amide bonds. The minimum atomic E-state index is -0.199. The highest BCUT2D eigenvalue weighted by atomic mass is 79.9. The van der Waals surface area contributed by atoms with E-state index in [0.717, 1.165) is 10.0 Å². The fourth-order valence-electron chi connectivity index (χ4n) is 1.35. The Morgan fingerprint density at radius 1 is 1.44 bits per heavy atom. The molecule has 7 heteroatoms. The van der Waals surface area contributed by atoms with Gasteiger partial charge in [0.2, 0.25) is 5.13 Å². The molecule has 94 valence electrons. The second-order valence-corrected chi connectivity index (χ2v) is 5.41. The van der Waals surface area contributed by atoms with Gasteiger partial charge in [0.1, 0.15) is 5.51 Å². The first-order chi connectivity index (χ1) is 8.65. The lowest BCUT2D eigenvalue weighted by Gasteiger charge is -2.16. The second-order valence-electron chi connectivity index (χ2n) is 3.66. The first kappa shape index (κ1) is 13.0. The van der Waals surface area contributed by atoms with Crippen molar-refractivity contribution in [2.45, 2.75) is 6.54 Å². The summed E-state index contributed by atoms with van der Waals surface area (Å²) in [6, 6.07) is 7.64. The molecule has 0 aliphatic carbocycles. The number of hydrogen-bond acceptors (Lipinski definition) is 4. The van der Waals surface area contributed by atoms with Crippen molar-refractivity contribution < 1.29 is 4.79 Å². The van der Waals surface area contributed by atoms with Gasteiger partial charge in [-0.15, -0.1) is 10.2 Å². The van der Waals surface area contributed by atoms with E-state index in [1.54, 1.807) is 17.5 Å². The van der Waals surface area contributed by atoms with E-state index in [9.17, 15) is 4.79 Å². The monoisotopic (exact) mass is 326 g/mol. The number of halogens is 1. The number of urea groups is 1. The molecule has 1 aromatic carbocycles. The van der Waals surface area contributed by atoms with Crippen LogP contribution in [-0.2, 0) is 6.54 Å². The third-order valence-electron chi connectivity index (χ3n) is 2.25. The summed E-state index contributed by atoms with van der Waals surface area (Å²) in [5, 5.41) is 10.6. The topological polar surface area (TPSA) is 58.1 Å². The van der Waals surface area contributed by atoms with Crippen molar-refractivity contribution in [3.63, 3.8) is 0 Å². The molecule has 0 radical (unpaired) electrons. The van der Waals surface area contributed by atoms with Gasteiger partial charge in [-0.2, -0.15) is 0 Å². The van der Waals surface area contributed by atoms with Gasteiger partial charge in [-0.05, 0) is 17.7 Å². The number of amides is 2. The van der Waals surface area contributed by atoms with Crippen molar-refractivity contribution in [3.8, 4) is 0 Å². The quantitative estimate of drug-likeness (QED) is 0.943. The minimum Gasteiger partial charge on any atom is -0.323 e. The Hall–Kier alpha value is -1.47. The summed E-state index contributed by atoms with van der Waals surface area (Å²) in [4.78, 5) is 13.4. The number of anilines is 1. The van der Waals surface area contributed by atoms with Gasteiger partial charge in [-0.25, -0.2) is 4.79 Å². The molecule has 0 fully saturated rings. The number of nitrogens with one attached hydrogen (secondary N) is 1. The summed E-state index contributed by atoms with van der Waals surface area (Å²) in [6.45, 7) is 0.540. The van der Waals surface area contributed by atoms with Crippen LogP contribution in [-0.4, -0.2) is 28.2 Å². The van der Waals surface area contributed by atoms with Crippen molar-refractivity contribution in [2.75, 3.05) is 12.4 Å². The van der Waals surface area contributed by atoms with Crippen LogP contribution in [0.4, 0.5) is 9.93 Å². The lowest BCUT2D eigenvalue weighted by molar-refractivity contribution is 0.220. The molecule has 2 rings (SSSR count). The van der Waals surface area contributed by atoms with Gasteiger partial charge in [0.15, 0.2) is 0 Å². The van der Waals surface area contributed by atoms with Crippen LogP contribution in [0, 0.1) is 0 Å². The van der Waals surface area contributed by atoms with Crippen molar-refractivity contribution in [3.05, 3.63) is 39.8 Å². The Morgan fingerprint density at radius 2 is 2.17 bits per heavy atom. The Bertz CT molecular complexity index is 514. The SMILES string of the molecule is CN(Cc1ccc(Br)cc1)C(=O)Nc1nncs1. The Labute approximate surface area is 117 Å². The predicted molar refractivity (Wildman–Crippen MR) is 74.5 cm³/mol. The maximum atomic E-state index is 11.8. The lowest BCUT2D eigenvalue weighted by Crippen LogP contribution is -2.30. The van der Waals surface area contributed by atoms with Crippen LogP contribution in [0.3, 0.4) is 0 Å². The third-order valence-corrected chi connectivity index (χ3v) is 3.39. The summed E-state index contributed by atoms with van der Waals surface area (Å²) < 4.78 is 1.02. The van der Waals surface area contributed by atoms with Crippen LogP contribution in [0.15, 0.2) is 34.2 Å². The molecular weight excluding hydrogens is 316 g/mol. The van der Waals surface area contributed by atoms with Crippen LogP contribution >= 0.6 is 27.3 Å². The molecule has 0 atom stereocenters. The molecule has 1 heterocycles. The molecule has 0 spiro atoms. The number of aromatic nitrogens is 2. The molecule has 1 aromatic heterocycles. The smallest absolute Gasteiger partial charge is 0.323 e. The van der Waals surface area contributed by atoms with Crippen molar-refractivity contribution >= 4 is 38.4 Å². The molecule has 0 aliphatic rings. The van der Waals surface area contributed by atoms with Crippen molar-refractivity contribution in [2.24, 2.45) is 0 Å². The standard InChI is InChI=1S/C11H11BrN4OS/c1-16(6-8-2-4-9(12)5-3-8)11(17)14-10-15-13-7-18-10/h2-5,7H,6H2,1H3,(H,14,15,17). The van der Waals surface area contributed by atoms with E-state index >= 15 is 0 Å². The Balaban J connectivity index is 1.93. The molecule has 0 saturated heterocycles. The molecule has 1 N–H and O–H groups in total. The van der Waals surface area contributed by atoms with E-state index in [2.05, 4.69) is 31.4 Å². The zero-order chi connectivity index (χ0) is 13.0. The van der Waals surface area contributed by atoms with Crippen molar-refractivity contribution in [1.29, 1.82) is 0 Å². The van der Waals surface area contributed by atoms with E-state index in [4.69, 9.17) is 0 Å². The summed E-state index contributed by atoms with van der Waals surface area (Å²) in [5.74, 6) is 0. The lowest BCUT2D eigenvalue weighted by atomic mass is 10.2. The van der Waals surface area contributed by atoms with Crippen molar-refractivity contribution in [1.82, 2.24) is 15.1 Å². The van der Waals surface area contributed by atoms with E-state index < -0.39 is 0 Å². The highest BCUT2D eigenvalue weighted by molar-refractivity contribution is 9.10. The highest BCUT2D eigenvalue weighted by Crippen LogP contribution is 2.13. The average Bonchev–Trinajstić information content (AvgIpc) is 2.85. The number of rotatable bonds is 3. The molecule has 0 saturated carbocycles. The predicted octanol–water partition coefficient (Wildman–Crippen LogP) is 2.96. The van der Waals surface area contributed by atoms with Gasteiger partial charge >= 0.3 is 6.03 Å². The van der Waals surface area contributed by atoms with Gasteiger partial charge in [0, 0.05) is 18.1 Å². The number of carbonyl (C=O) groups is 1. The van der Waals surface area contributed by atoms with E-state index in [0.29, 0.717) is 11.7 Å². The van der Waals surface area contributed by atoms with E-state index in [1.165, 1.54) is 11.3 Å². The fourth-order valence-corrected chi connectivity index (χ4v) is 2.05. The third kappa shape index (κ3) is 3.51. The van der Waals surface area contributed by atoms with Gasteiger partial charge in [0.05, 0.1) is 0 Å². The van der Waals surface area contributed by atoms with E-state index in [-0.39, 0.29) is 6.03 Å². The van der Waals surface area contributed by atoms with Crippen LogP contribution in [0.2, 0.25) is 0 Å². The number of carbonyl (C=O) groups excluding carboxylic acids is 1. The van der Waals surface area contributed by atoms with Crippen LogP contribution in [0.1, 0.15) is 5.56 Å². The largest absolute Gasteiger partial charge is 0.323 e. The molecule has 5 nitrogen and oxygen atoms in total. The maximum absolute atomic E-state index is 11.8. The molecule has 18 heavy (non-hydrogen) atoms. The first-order valence-corrected chi connectivity index (χ1v) is 6.85. The normalized spacial score (nSPS) is 10.1. The summed E-state index contributed by atoms with van der Waals surface area (Å²) in [5.41, 5.74) is 2.64. The number of nitrogens with zero attached hydrogens (tertiary/aromatic N) is 3. The molecule has 0 unspecified atom stereocenters. The molecule has 0 aliphatic heterocycles.